The molecule has 0 aliphatic rings. The van der Waals surface area contributed by atoms with Crippen LogP contribution in [0.4, 0.5) is 0 Å². The highest BCUT2D eigenvalue weighted by Gasteiger charge is 1.92. The van der Waals surface area contributed by atoms with Crippen molar-refractivity contribution in [3.05, 3.63) is 35.7 Å². The normalized spacial score (nSPS) is 10.5. The summed E-state index contributed by atoms with van der Waals surface area (Å²) in [6.45, 7) is 2.07. The lowest BCUT2D eigenvalue weighted by molar-refractivity contribution is -0.113. The van der Waals surface area contributed by atoms with Gasteiger partial charge in [-0.15, -0.1) is 0 Å². The summed E-state index contributed by atoms with van der Waals surface area (Å²) >= 11 is 0. The third-order valence-corrected chi connectivity index (χ3v) is 1.67. The van der Waals surface area contributed by atoms with Gasteiger partial charge in [-0.05, 0) is 30.2 Å². The van der Waals surface area contributed by atoms with Crippen molar-refractivity contribution in [1.29, 1.82) is 0 Å². The molecule has 3 heteroatoms. The molecule has 0 aliphatic heterocycles. The summed E-state index contributed by atoms with van der Waals surface area (Å²) < 4.78 is 0. The zero-order valence-electron chi connectivity index (χ0n) is 7.53. The second-order valence-corrected chi connectivity index (χ2v) is 2.68. The molecule has 1 aromatic rings. The Morgan fingerprint density at radius 1 is 1.69 bits per heavy atom. The average Bonchev–Trinajstić information content (AvgIpc) is 2.15. The quantitative estimate of drug-likeness (QED) is 0.702. The third kappa shape index (κ3) is 3.07. The molecule has 0 unspecified atom stereocenters. The maximum absolute atomic E-state index is 10.4. The molecular weight excluding hydrogens is 164 g/mol. The Balaban J connectivity index is 2.83. The standard InChI is InChI=1S/C10H12N2O/c1-2-8-5-6-12-9(7-8)3-4-10(11)13/h3-7H,2H2,1H3,(H2,11,13)/b4-3+. The van der Waals surface area contributed by atoms with Crippen molar-refractivity contribution in [2.45, 2.75) is 13.3 Å². The fourth-order valence-electron chi connectivity index (χ4n) is 0.973. The summed E-state index contributed by atoms with van der Waals surface area (Å²) in [4.78, 5) is 14.5. The molecule has 1 rings (SSSR count). The first kappa shape index (κ1) is 9.45. The van der Waals surface area contributed by atoms with Gasteiger partial charge in [-0.25, -0.2) is 0 Å². The molecule has 0 bridgehead atoms. The molecule has 0 spiro atoms. The number of hydrogen-bond acceptors (Lipinski definition) is 2. The van der Waals surface area contributed by atoms with E-state index in [1.165, 1.54) is 11.6 Å². The Hall–Kier alpha value is -1.64. The van der Waals surface area contributed by atoms with E-state index < -0.39 is 5.91 Å². The molecule has 1 aromatic heterocycles. The number of aryl methyl sites for hydroxylation is 1. The summed E-state index contributed by atoms with van der Waals surface area (Å²) in [5.74, 6) is -0.455. The molecule has 0 atom stereocenters. The summed E-state index contributed by atoms with van der Waals surface area (Å²) in [5, 5.41) is 0. The molecule has 0 aromatic carbocycles. The van der Waals surface area contributed by atoms with E-state index in [1.807, 2.05) is 12.1 Å². The molecule has 0 aliphatic carbocycles. The summed E-state index contributed by atoms with van der Waals surface area (Å²) in [6, 6.07) is 3.88. The maximum atomic E-state index is 10.4. The lowest BCUT2D eigenvalue weighted by Crippen LogP contribution is -2.05. The van der Waals surface area contributed by atoms with Gasteiger partial charge in [-0.1, -0.05) is 6.92 Å². The van der Waals surface area contributed by atoms with Crippen LogP contribution in [0.3, 0.4) is 0 Å². The Morgan fingerprint density at radius 3 is 3.08 bits per heavy atom. The van der Waals surface area contributed by atoms with Gasteiger partial charge in [0.2, 0.25) is 5.91 Å². The van der Waals surface area contributed by atoms with E-state index in [9.17, 15) is 4.79 Å². The van der Waals surface area contributed by atoms with Crippen LogP contribution in [-0.2, 0) is 11.2 Å². The molecule has 0 saturated heterocycles. The molecule has 0 saturated carbocycles. The molecule has 68 valence electrons. The number of nitrogens with two attached hydrogens (primary N) is 1. The molecule has 1 amide bonds. The van der Waals surface area contributed by atoms with E-state index in [2.05, 4.69) is 11.9 Å². The van der Waals surface area contributed by atoms with Crippen molar-refractivity contribution in [3.8, 4) is 0 Å². The average molecular weight is 176 g/mol. The van der Waals surface area contributed by atoms with Gasteiger partial charge in [0.25, 0.3) is 0 Å². The fourth-order valence-corrected chi connectivity index (χ4v) is 0.973. The van der Waals surface area contributed by atoms with Crippen molar-refractivity contribution < 1.29 is 4.79 Å². The lowest BCUT2D eigenvalue weighted by atomic mass is 10.2. The highest BCUT2D eigenvalue weighted by Crippen LogP contribution is 2.03. The van der Waals surface area contributed by atoms with E-state index >= 15 is 0 Å². The maximum Gasteiger partial charge on any atom is 0.241 e. The van der Waals surface area contributed by atoms with E-state index in [4.69, 9.17) is 5.73 Å². The van der Waals surface area contributed by atoms with Gasteiger partial charge >= 0.3 is 0 Å². The molecule has 3 nitrogen and oxygen atoms in total. The SMILES string of the molecule is CCc1ccnc(/C=C/C(N)=O)c1. The second-order valence-electron chi connectivity index (χ2n) is 2.68. The van der Waals surface area contributed by atoms with Gasteiger partial charge in [-0.2, -0.15) is 0 Å². The molecule has 2 N–H and O–H groups in total. The van der Waals surface area contributed by atoms with Crippen LogP contribution in [0.1, 0.15) is 18.2 Å². The number of primary amides is 1. The van der Waals surface area contributed by atoms with Crippen LogP contribution in [0.2, 0.25) is 0 Å². The van der Waals surface area contributed by atoms with Crippen LogP contribution in [0, 0.1) is 0 Å². The highest BCUT2D eigenvalue weighted by molar-refractivity contribution is 5.89. The molecule has 0 fully saturated rings. The van der Waals surface area contributed by atoms with E-state index in [1.54, 1.807) is 12.3 Å². The molecule has 1 heterocycles. The largest absolute Gasteiger partial charge is 0.366 e. The van der Waals surface area contributed by atoms with Gasteiger partial charge in [0.1, 0.15) is 0 Å². The number of carbonyl (C=O) groups excluding carboxylic acids is 1. The Bertz CT molecular complexity index is 331. The summed E-state index contributed by atoms with van der Waals surface area (Å²) in [6.07, 6.45) is 5.60. The van der Waals surface area contributed by atoms with Crippen molar-refractivity contribution in [1.82, 2.24) is 4.98 Å². The van der Waals surface area contributed by atoms with Crippen LogP contribution in [0.15, 0.2) is 24.4 Å². The zero-order valence-corrected chi connectivity index (χ0v) is 7.53. The predicted molar refractivity (Wildman–Crippen MR) is 51.8 cm³/mol. The zero-order chi connectivity index (χ0) is 9.68. The predicted octanol–water partition coefficient (Wildman–Crippen LogP) is 1.14. The monoisotopic (exact) mass is 176 g/mol. The van der Waals surface area contributed by atoms with E-state index in [0.717, 1.165) is 12.1 Å². The van der Waals surface area contributed by atoms with E-state index in [-0.39, 0.29) is 0 Å². The first-order valence-electron chi connectivity index (χ1n) is 4.15. The van der Waals surface area contributed by atoms with Gasteiger partial charge in [0, 0.05) is 12.3 Å². The van der Waals surface area contributed by atoms with Crippen molar-refractivity contribution >= 4 is 12.0 Å². The number of rotatable bonds is 3. The lowest BCUT2D eigenvalue weighted by Gasteiger charge is -1.96. The van der Waals surface area contributed by atoms with Crippen LogP contribution in [0.25, 0.3) is 6.08 Å². The minimum atomic E-state index is -0.455. The number of carbonyl (C=O) groups is 1. The Kier molecular flexibility index (Phi) is 3.20. The van der Waals surface area contributed by atoms with Crippen LogP contribution >= 0.6 is 0 Å². The number of aromatic nitrogens is 1. The van der Waals surface area contributed by atoms with Crippen molar-refractivity contribution in [2.75, 3.05) is 0 Å². The summed E-state index contributed by atoms with van der Waals surface area (Å²) in [5.41, 5.74) is 6.91. The number of nitrogens with zero attached hydrogens (tertiary/aromatic N) is 1. The molecule has 0 radical (unpaired) electrons. The highest BCUT2D eigenvalue weighted by atomic mass is 16.1. The van der Waals surface area contributed by atoms with E-state index in [0.29, 0.717) is 0 Å². The van der Waals surface area contributed by atoms with Crippen LogP contribution in [-0.4, -0.2) is 10.9 Å². The minimum Gasteiger partial charge on any atom is -0.366 e. The van der Waals surface area contributed by atoms with Gasteiger partial charge in [0.05, 0.1) is 5.69 Å². The van der Waals surface area contributed by atoms with Crippen molar-refractivity contribution in [3.63, 3.8) is 0 Å². The summed E-state index contributed by atoms with van der Waals surface area (Å²) in [7, 11) is 0. The van der Waals surface area contributed by atoms with Gasteiger partial charge in [-0.3, -0.25) is 9.78 Å². The number of hydrogen-bond donors (Lipinski definition) is 1. The second kappa shape index (κ2) is 4.40. The first-order valence-corrected chi connectivity index (χ1v) is 4.15. The minimum absolute atomic E-state index is 0.455. The Labute approximate surface area is 77.3 Å². The van der Waals surface area contributed by atoms with Crippen LogP contribution < -0.4 is 5.73 Å². The topological polar surface area (TPSA) is 56.0 Å². The molecular formula is C10H12N2O. The van der Waals surface area contributed by atoms with Gasteiger partial charge < -0.3 is 5.73 Å². The Morgan fingerprint density at radius 2 is 2.46 bits per heavy atom. The van der Waals surface area contributed by atoms with Gasteiger partial charge in [0.15, 0.2) is 0 Å². The van der Waals surface area contributed by atoms with Crippen molar-refractivity contribution in [2.24, 2.45) is 5.73 Å². The number of amides is 1. The first-order chi connectivity index (χ1) is 6.22. The smallest absolute Gasteiger partial charge is 0.241 e. The molecule has 13 heavy (non-hydrogen) atoms. The fraction of sp³-hybridized carbons (Fsp3) is 0.200. The number of pyridine rings is 1. The van der Waals surface area contributed by atoms with Crippen LogP contribution in [0.5, 0.6) is 0 Å². The third-order valence-electron chi connectivity index (χ3n) is 1.67.